The van der Waals surface area contributed by atoms with E-state index in [1.807, 2.05) is 36.4 Å². The molecule has 0 aliphatic rings. The minimum Gasteiger partial charge on any atom is -0.381 e. The lowest BCUT2D eigenvalue weighted by Crippen LogP contribution is -2.33. The smallest absolute Gasteiger partial charge is 0.267 e. The Morgan fingerprint density at radius 2 is 1.85 bits per heavy atom. The molecule has 2 aromatic carbocycles. The molecular formula is C30H22N8O2. The molecule has 0 spiro atoms. The fraction of sp³-hybridized carbons (Fsp3) is 0.0667. The van der Waals surface area contributed by atoms with Crippen LogP contribution in [0.25, 0.3) is 22.2 Å². The Morgan fingerprint density at radius 1 is 1.00 bits per heavy atom. The Morgan fingerprint density at radius 3 is 2.65 bits per heavy atom. The van der Waals surface area contributed by atoms with Crippen LogP contribution in [0.15, 0.2) is 96.3 Å². The first-order chi connectivity index (χ1) is 19.5. The summed E-state index contributed by atoms with van der Waals surface area (Å²) in [6.45, 7) is 1.76. The van der Waals surface area contributed by atoms with Crippen molar-refractivity contribution < 1.29 is 4.79 Å². The van der Waals surface area contributed by atoms with Crippen LogP contribution in [0.5, 0.6) is 0 Å². The summed E-state index contributed by atoms with van der Waals surface area (Å²) in [4.78, 5) is 40.7. The van der Waals surface area contributed by atoms with Gasteiger partial charge in [-0.15, -0.1) is 5.10 Å². The molecule has 3 N–H and O–H groups in total. The highest BCUT2D eigenvalue weighted by molar-refractivity contribution is 6.04. The number of hydrogen-bond acceptors (Lipinski definition) is 7. The van der Waals surface area contributed by atoms with E-state index in [-0.39, 0.29) is 16.9 Å². The number of nitrogens with two attached hydrogens (primary N) is 1. The quantitative estimate of drug-likeness (QED) is 0.337. The summed E-state index contributed by atoms with van der Waals surface area (Å²) in [5, 5.41) is 7.47. The molecule has 0 aliphatic heterocycles. The van der Waals surface area contributed by atoms with E-state index in [1.54, 1.807) is 62.0 Å². The van der Waals surface area contributed by atoms with E-state index in [2.05, 4.69) is 32.2 Å². The minimum atomic E-state index is -0.687. The molecular weight excluding hydrogens is 504 g/mol. The number of pyridine rings is 1. The van der Waals surface area contributed by atoms with Gasteiger partial charge in [0.2, 0.25) is 0 Å². The van der Waals surface area contributed by atoms with Gasteiger partial charge in [-0.1, -0.05) is 36.1 Å². The first-order valence-electron chi connectivity index (χ1n) is 12.4. The van der Waals surface area contributed by atoms with Gasteiger partial charge in [-0.3, -0.25) is 19.1 Å². The molecule has 0 saturated heterocycles. The predicted octanol–water partition coefficient (Wildman–Crippen LogP) is 3.30. The Hall–Kier alpha value is -5.82. The minimum absolute atomic E-state index is 0.0483. The van der Waals surface area contributed by atoms with Crippen LogP contribution in [0, 0.1) is 11.8 Å². The van der Waals surface area contributed by atoms with Crippen molar-refractivity contribution >= 4 is 28.3 Å². The summed E-state index contributed by atoms with van der Waals surface area (Å²) in [5.74, 6) is 6.08. The average Bonchev–Trinajstić information content (AvgIpc) is 3.32. The van der Waals surface area contributed by atoms with Crippen molar-refractivity contribution in [1.82, 2.24) is 34.4 Å². The topological polar surface area (TPSA) is 133 Å². The number of amides is 1. The number of benzene rings is 2. The van der Waals surface area contributed by atoms with Crippen LogP contribution in [-0.4, -0.2) is 35.0 Å². The van der Waals surface area contributed by atoms with Crippen LogP contribution in [0.3, 0.4) is 0 Å². The predicted molar refractivity (Wildman–Crippen MR) is 151 cm³/mol. The lowest BCUT2D eigenvalue weighted by molar-refractivity contribution is 0.0940. The molecule has 1 atom stereocenters. The molecule has 0 aliphatic carbocycles. The molecule has 10 heteroatoms. The molecule has 1 unspecified atom stereocenters. The van der Waals surface area contributed by atoms with Crippen molar-refractivity contribution in [3.05, 3.63) is 124 Å². The first-order valence-corrected chi connectivity index (χ1v) is 12.4. The number of aromatic nitrogens is 6. The molecule has 6 rings (SSSR count). The summed E-state index contributed by atoms with van der Waals surface area (Å²) in [5.41, 5.74) is 8.55. The normalized spacial score (nSPS) is 11.6. The molecule has 0 radical (unpaired) electrons. The highest BCUT2D eigenvalue weighted by Crippen LogP contribution is 2.22. The van der Waals surface area contributed by atoms with Gasteiger partial charge in [-0.2, -0.15) is 0 Å². The lowest BCUT2D eigenvalue weighted by atomic mass is 10.1. The molecule has 1 amide bonds. The number of carbonyl (C=O) groups is 1. The first kappa shape index (κ1) is 24.5. The summed E-state index contributed by atoms with van der Waals surface area (Å²) in [6, 6.07) is 19.1. The fourth-order valence-electron chi connectivity index (χ4n) is 4.50. The standard InChI is InChI=1S/C30H22N8O2/c1-19(34-29(39)25-26(31)36-37-17-7-16-33-28(25)37)27-35-23-12-5-9-21(14-13-20-8-6-15-32-18-20)24(23)30(40)38(27)22-10-3-2-4-11-22/h2-12,15-19H,1H3,(H2,31,36)(H,34,39). The van der Waals surface area contributed by atoms with Crippen molar-refractivity contribution in [2.45, 2.75) is 13.0 Å². The third kappa shape index (κ3) is 4.41. The zero-order valence-electron chi connectivity index (χ0n) is 21.3. The van der Waals surface area contributed by atoms with Crippen molar-refractivity contribution in [3.63, 3.8) is 0 Å². The fourth-order valence-corrected chi connectivity index (χ4v) is 4.50. The van der Waals surface area contributed by atoms with Crippen molar-refractivity contribution in [2.75, 3.05) is 5.73 Å². The number of anilines is 1. The van der Waals surface area contributed by atoms with Crippen molar-refractivity contribution in [3.8, 4) is 17.5 Å². The maximum Gasteiger partial charge on any atom is 0.267 e. The second kappa shape index (κ2) is 10.2. The van der Waals surface area contributed by atoms with Gasteiger partial charge in [0.25, 0.3) is 11.5 Å². The van der Waals surface area contributed by atoms with E-state index < -0.39 is 11.9 Å². The van der Waals surface area contributed by atoms with E-state index >= 15 is 0 Å². The van der Waals surface area contributed by atoms with Crippen LogP contribution < -0.4 is 16.6 Å². The average molecular weight is 527 g/mol. The molecule has 0 saturated carbocycles. The van der Waals surface area contributed by atoms with Gasteiger partial charge in [0, 0.05) is 35.9 Å². The van der Waals surface area contributed by atoms with Gasteiger partial charge >= 0.3 is 0 Å². The van der Waals surface area contributed by atoms with Crippen LogP contribution >= 0.6 is 0 Å². The van der Waals surface area contributed by atoms with E-state index in [9.17, 15) is 9.59 Å². The van der Waals surface area contributed by atoms with E-state index in [0.717, 1.165) is 5.56 Å². The Labute approximate surface area is 228 Å². The molecule has 4 aromatic heterocycles. The Balaban J connectivity index is 1.48. The van der Waals surface area contributed by atoms with Crippen molar-refractivity contribution in [2.24, 2.45) is 0 Å². The Bertz CT molecular complexity index is 2000. The van der Waals surface area contributed by atoms with Gasteiger partial charge in [-0.05, 0) is 49.4 Å². The SMILES string of the molecule is CC(NC(=O)c1c(N)nn2cccnc12)c1nc2cccc(C#Cc3cccnc3)c2c(=O)n1-c1ccccc1. The van der Waals surface area contributed by atoms with E-state index in [1.165, 1.54) is 9.08 Å². The number of fused-ring (bicyclic) bond motifs is 2. The van der Waals surface area contributed by atoms with Crippen LogP contribution in [0.2, 0.25) is 0 Å². The monoisotopic (exact) mass is 526 g/mol. The highest BCUT2D eigenvalue weighted by Gasteiger charge is 2.24. The van der Waals surface area contributed by atoms with Crippen molar-refractivity contribution in [1.29, 1.82) is 0 Å². The zero-order valence-corrected chi connectivity index (χ0v) is 21.3. The number of carbonyl (C=O) groups excluding carboxylic acids is 1. The molecule has 6 aromatic rings. The summed E-state index contributed by atoms with van der Waals surface area (Å²) in [7, 11) is 0. The highest BCUT2D eigenvalue weighted by atomic mass is 16.2. The van der Waals surface area contributed by atoms with Gasteiger partial charge in [0.05, 0.1) is 22.6 Å². The second-order valence-corrected chi connectivity index (χ2v) is 8.98. The summed E-state index contributed by atoms with van der Waals surface area (Å²) in [6.07, 6.45) is 6.55. The van der Waals surface area contributed by atoms with E-state index in [4.69, 9.17) is 10.7 Å². The number of hydrogen-bond donors (Lipinski definition) is 2. The second-order valence-electron chi connectivity index (χ2n) is 8.98. The molecule has 194 valence electrons. The molecule has 10 nitrogen and oxygen atoms in total. The van der Waals surface area contributed by atoms with Crippen LogP contribution in [0.1, 0.15) is 40.3 Å². The lowest BCUT2D eigenvalue weighted by Gasteiger charge is -2.20. The number of rotatable bonds is 4. The van der Waals surface area contributed by atoms with Gasteiger partial charge in [-0.25, -0.2) is 14.5 Å². The molecule has 4 heterocycles. The molecule has 0 fully saturated rings. The van der Waals surface area contributed by atoms with Crippen LogP contribution in [-0.2, 0) is 0 Å². The number of nitrogen functional groups attached to an aromatic ring is 1. The van der Waals surface area contributed by atoms with Gasteiger partial charge in [0.1, 0.15) is 11.4 Å². The maximum absolute atomic E-state index is 14.1. The third-order valence-corrected chi connectivity index (χ3v) is 6.33. The van der Waals surface area contributed by atoms with Gasteiger partial charge < -0.3 is 11.1 Å². The zero-order chi connectivity index (χ0) is 27.6. The van der Waals surface area contributed by atoms with Crippen LogP contribution in [0.4, 0.5) is 5.82 Å². The molecule has 0 bridgehead atoms. The van der Waals surface area contributed by atoms with Gasteiger partial charge in [0.15, 0.2) is 11.5 Å². The summed E-state index contributed by atoms with van der Waals surface area (Å²) >= 11 is 0. The Kier molecular flexibility index (Phi) is 6.22. The maximum atomic E-state index is 14.1. The summed E-state index contributed by atoms with van der Waals surface area (Å²) < 4.78 is 2.94. The molecule has 40 heavy (non-hydrogen) atoms. The number of para-hydroxylation sites is 1. The largest absolute Gasteiger partial charge is 0.381 e. The van der Waals surface area contributed by atoms with E-state index in [0.29, 0.717) is 33.6 Å². The number of nitrogens with zero attached hydrogens (tertiary/aromatic N) is 6. The third-order valence-electron chi connectivity index (χ3n) is 6.33. The number of nitrogens with one attached hydrogen (secondary N) is 1.